The van der Waals surface area contributed by atoms with Crippen LogP contribution in [0.5, 0.6) is 5.75 Å². The first-order valence-electron chi connectivity index (χ1n) is 5.16. The van der Waals surface area contributed by atoms with Crippen molar-refractivity contribution in [2.75, 3.05) is 6.54 Å². The van der Waals surface area contributed by atoms with Crippen molar-refractivity contribution >= 4 is 33.4 Å². The summed E-state index contributed by atoms with van der Waals surface area (Å²) in [7, 11) is 0. The highest BCUT2D eigenvalue weighted by molar-refractivity contribution is 9.10. The van der Waals surface area contributed by atoms with Crippen LogP contribution in [0.25, 0.3) is 0 Å². The Bertz CT molecular complexity index is 426. The summed E-state index contributed by atoms with van der Waals surface area (Å²) in [4.78, 5) is 11.3. The SMILES string of the molecule is CC[C@H](NC(=O)CN)c1cc(Br)cc(Cl)c1O. The molecule has 0 saturated carbocycles. The molecule has 0 saturated heterocycles. The third-order valence-electron chi connectivity index (χ3n) is 2.36. The number of hydrogen-bond acceptors (Lipinski definition) is 3. The zero-order chi connectivity index (χ0) is 13.0. The Morgan fingerprint density at radius 1 is 1.65 bits per heavy atom. The van der Waals surface area contributed by atoms with Crippen molar-refractivity contribution < 1.29 is 9.90 Å². The van der Waals surface area contributed by atoms with Gasteiger partial charge in [0.15, 0.2) is 0 Å². The van der Waals surface area contributed by atoms with Gasteiger partial charge in [-0.3, -0.25) is 4.79 Å². The standard InChI is InChI=1S/C11H14BrClN2O2/c1-2-9(15-10(16)5-14)7-3-6(12)4-8(13)11(7)17/h3-4,9,17H,2,5,14H2,1H3,(H,15,16)/t9-/m0/s1. The number of phenolic OH excluding ortho intramolecular Hbond substituents is 1. The van der Waals surface area contributed by atoms with Gasteiger partial charge in [0, 0.05) is 10.0 Å². The Kier molecular flexibility index (Phi) is 5.24. The second kappa shape index (κ2) is 6.23. The van der Waals surface area contributed by atoms with E-state index in [0.29, 0.717) is 12.0 Å². The molecule has 1 aromatic rings. The maximum atomic E-state index is 11.3. The largest absolute Gasteiger partial charge is 0.506 e. The van der Waals surface area contributed by atoms with Crippen LogP contribution in [-0.4, -0.2) is 17.6 Å². The minimum absolute atomic E-state index is 0.0148. The molecule has 1 amide bonds. The number of carbonyl (C=O) groups excluding carboxylic acids is 1. The number of aromatic hydroxyl groups is 1. The molecule has 4 nitrogen and oxygen atoms in total. The van der Waals surface area contributed by atoms with E-state index in [1.54, 1.807) is 12.1 Å². The van der Waals surface area contributed by atoms with Crippen LogP contribution in [0.2, 0.25) is 5.02 Å². The second-order valence-corrected chi connectivity index (χ2v) is 4.88. The Morgan fingerprint density at radius 3 is 2.82 bits per heavy atom. The normalized spacial score (nSPS) is 12.2. The van der Waals surface area contributed by atoms with E-state index in [9.17, 15) is 9.90 Å². The predicted molar refractivity (Wildman–Crippen MR) is 71.0 cm³/mol. The van der Waals surface area contributed by atoms with E-state index in [-0.39, 0.29) is 29.3 Å². The van der Waals surface area contributed by atoms with Crippen molar-refractivity contribution in [3.63, 3.8) is 0 Å². The zero-order valence-electron chi connectivity index (χ0n) is 9.34. The van der Waals surface area contributed by atoms with Gasteiger partial charge < -0.3 is 16.2 Å². The Hall–Kier alpha value is -0.780. The quantitative estimate of drug-likeness (QED) is 0.796. The predicted octanol–water partition coefficient (Wildman–Crippen LogP) is 2.33. The summed E-state index contributed by atoms with van der Waals surface area (Å²) in [5.41, 5.74) is 5.82. The molecule has 0 radical (unpaired) electrons. The molecule has 1 aromatic carbocycles. The van der Waals surface area contributed by atoms with Crippen molar-refractivity contribution in [2.24, 2.45) is 5.73 Å². The van der Waals surface area contributed by atoms with E-state index in [0.717, 1.165) is 4.47 Å². The van der Waals surface area contributed by atoms with Gasteiger partial charge in [-0.1, -0.05) is 34.5 Å². The molecule has 17 heavy (non-hydrogen) atoms. The first-order valence-corrected chi connectivity index (χ1v) is 6.34. The van der Waals surface area contributed by atoms with Gasteiger partial charge in [-0.15, -0.1) is 0 Å². The lowest BCUT2D eigenvalue weighted by Crippen LogP contribution is -2.33. The van der Waals surface area contributed by atoms with Crippen LogP contribution in [-0.2, 0) is 4.79 Å². The summed E-state index contributed by atoms with van der Waals surface area (Å²) in [5.74, 6) is -0.286. The summed E-state index contributed by atoms with van der Waals surface area (Å²) in [6, 6.07) is 3.02. The molecule has 0 aliphatic heterocycles. The average molecular weight is 322 g/mol. The monoisotopic (exact) mass is 320 g/mol. The molecular weight excluding hydrogens is 307 g/mol. The lowest BCUT2D eigenvalue weighted by Gasteiger charge is -2.19. The first-order chi connectivity index (χ1) is 7.99. The minimum atomic E-state index is -0.305. The molecule has 1 atom stereocenters. The molecule has 0 bridgehead atoms. The van der Waals surface area contributed by atoms with Crippen LogP contribution in [0.4, 0.5) is 0 Å². The fourth-order valence-corrected chi connectivity index (χ4v) is 2.34. The molecule has 0 heterocycles. The molecule has 94 valence electrons. The number of rotatable bonds is 4. The van der Waals surface area contributed by atoms with Gasteiger partial charge >= 0.3 is 0 Å². The Labute approximate surface area is 113 Å². The number of amides is 1. The molecule has 4 N–H and O–H groups in total. The van der Waals surface area contributed by atoms with Crippen molar-refractivity contribution in [1.29, 1.82) is 0 Å². The molecular formula is C11H14BrClN2O2. The van der Waals surface area contributed by atoms with E-state index in [1.165, 1.54) is 0 Å². The van der Waals surface area contributed by atoms with Crippen molar-refractivity contribution in [1.82, 2.24) is 5.32 Å². The third-order valence-corrected chi connectivity index (χ3v) is 3.11. The van der Waals surface area contributed by atoms with Crippen LogP contribution in [0.1, 0.15) is 24.9 Å². The number of hydrogen-bond donors (Lipinski definition) is 3. The fourth-order valence-electron chi connectivity index (χ4n) is 1.50. The van der Waals surface area contributed by atoms with Crippen molar-refractivity contribution in [3.05, 3.63) is 27.2 Å². The van der Waals surface area contributed by atoms with Gasteiger partial charge in [0.1, 0.15) is 5.75 Å². The zero-order valence-corrected chi connectivity index (χ0v) is 11.7. The van der Waals surface area contributed by atoms with E-state index >= 15 is 0 Å². The van der Waals surface area contributed by atoms with Gasteiger partial charge in [-0.2, -0.15) is 0 Å². The lowest BCUT2D eigenvalue weighted by atomic mass is 10.0. The van der Waals surface area contributed by atoms with Gasteiger partial charge in [0.05, 0.1) is 17.6 Å². The highest BCUT2D eigenvalue weighted by Crippen LogP contribution is 2.35. The smallest absolute Gasteiger partial charge is 0.234 e. The molecule has 6 heteroatoms. The van der Waals surface area contributed by atoms with E-state index in [2.05, 4.69) is 21.2 Å². The fraction of sp³-hybridized carbons (Fsp3) is 0.364. The number of phenols is 1. The maximum Gasteiger partial charge on any atom is 0.234 e. The van der Waals surface area contributed by atoms with E-state index in [4.69, 9.17) is 17.3 Å². The van der Waals surface area contributed by atoms with Crippen LogP contribution < -0.4 is 11.1 Å². The van der Waals surface area contributed by atoms with Crippen LogP contribution >= 0.6 is 27.5 Å². The average Bonchev–Trinajstić information content (AvgIpc) is 2.30. The molecule has 0 aromatic heterocycles. The summed E-state index contributed by atoms with van der Waals surface area (Å²) in [6.45, 7) is 1.81. The topological polar surface area (TPSA) is 75.4 Å². The van der Waals surface area contributed by atoms with E-state index in [1.807, 2.05) is 6.92 Å². The van der Waals surface area contributed by atoms with Crippen molar-refractivity contribution in [3.8, 4) is 5.75 Å². The van der Waals surface area contributed by atoms with Gasteiger partial charge in [-0.25, -0.2) is 0 Å². The second-order valence-electron chi connectivity index (χ2n) is 3.56. The summed E-state index contributed by atoms with van der Waals surface area (Å²) >= 11 is 9.17. The van der Waals surface area contributed by atoms with Gasteiger partial charge in [-0.05, 0) is 18.6 Å². The Morgan fingerprint density at radius 2 is 2.29 bits per heavy atom. The maximum absolute atomic E-state index is 11.3. The van der Waals surface area contributed by atoms with Crippen LogP contribution in [0, 0.1) is 0 Å². The first kappa shape index (κ1) is 14.3. The lowest BCUT2D eigenvalue weighted by molar-refractivity contribution is -0.120. The highest BCUT2D eigenvalue weighted by atomic mass is 79.9. The minimum Gasteiger partial charge on any atom is -0.506 e. The summed E-state index contributed by atoms with van der Waals surface area (Å²) < 4.78 is 0.746. The summed E-state index contributed by atoms with van der Waals surface area (Å²) in [5, 5.41) is 12.8. The third kappa shape index (κ3) is 3.59. The Balaban J connectivity index is 3.07. The molecule has 1 rings (SSSR count). The van der Waals surface area contributed by atoms with Crippen molar-refractivity contribution in [2.45, 2.75) is 19.4 Å². The summed E-state index contributed by atoms with van der Waals surface area (Å²) in [6.07, 6.45) is 0.631. The number of nitrogens with two attached hydrogens (primary N) is 1. The number of carbonyl (C=O) groups is 1. The number of halogens is 2. The molecule has 0 aliphatic carbocycles. The molecule has 0 aliphatic rings. The molecule has 0 fully saturated rings. The van der Waals surface area contributed by atoms with E-state index < -0.39 is 0 Å². The van der Waals surface area contributed by atoms with Crippen LogP contribution in [0.15, 0.2) is 16.6 Å². The van der Waals surface area contributed by atoms with Crippen LogP contribution in [0.3, 0.4) is 0 Å². The van der Waals surface area contributed by atoms with Gasteiger partial charge in [0.25, 0.3) is 0 Å². The molecule has 0 spiro atoms. The highest BCUT2D eigenvalue weighted by Gasteiger charge is 2.18. The number of benzene rings is 1. The number of nitrogens with one attached hydrogen (secondary N) is 1. The van der Waals surface area contributed by atoms with Gasteiger partial charge in [0.2, 0.25) is 5.91 Å². The molecule has 0 unspecified atom stereocenters.